The molecular formula is C24H24FN5OS. The van der Waals surface area contributed by atoms with E-state index in [0.717, 1.165) is 35.7 Å². The van der Waals surface area contributed by atoms with Crippen LogP contribution in [0.25, 0.3) is 17.1 Å². The minimum absolute atomic E-state index is 0.00210. The van der Waals surface area contributed by atoms with E-state index in [-0.39, 0.29) is 17.4 Å². The Kier molecular flexibility index (Phi) is 6.50. The van der Waals surface area contributed by atoms with Gasteiger partial charge in [-0.15, -0.1) is 10.2 Å². The minimum atomic E-state index is -0.307. The fraction of sp³-hybridized carbons (Fsp3) is 0.250. The van der Waals surface area contributed by atoms with Crippen LogP contribution < -0.4 is 0 Å². The zero-order valence-electron chi connectivity index (χ0n) is 18.2. The first-order valence-electron chi connectivity index (χ1n) is 10.4. The van der Waals surface area contributed by atoms with Crippen LogP contribution in [-0.4, -0.2) is 35.9 Å². The molecule has 4 aromatic rings. The van der Waals surface area contributed by atoms with E-state index in [0.29, 0.717) is 16.4 Å². The number of carbonyl (C=O) groups excluding carboxylic acids is 1. The second-order valence-corrected chi connectivity index (χ2v) is 8.45. The number of aromatic nitrogens is 5. The molecule has 0 atom stereocenters. The molecule has 0 radical (unpaired) electrons. The molecule has 164 valence electrons. The fourth-order valence-electron chi connectivity index (χ4n) is 3.80. The summed E-state index contributed by atoms with van der Waals surface area (Å²) in [5, 5.41) is 9.40. The van der Waals surface area contributed by atoms with Crippen LogP contribution in [0.2, 0.25) is 0 Å². The largest absolute Gasteiger partial charge is 0.318 e. The van der Waals surface area contributed by atoms with Crippen LogP contribution in [0.15, 0.2) is 60.0 Å². The molecule has 0 saturated heterocycles. The number of nitrogens with zero attached hydrogens (tertiary/aromatic N) is 5. The van der Waals surface area contributed by atoms with E-state index in [2.05, 4.69) is 22.1 Å². The predicted molar refractivity (Wildman–Crippen MR) is 124 cm³/mol. The highest BCUT2D eigenvalue weighted by Gasteiger charge is 2.20. The van der Waals surface area contributed by atoms with E-state index in [1.807, 2.05) is 47.2 Å². The maximum absolute atomic E-state index is 13.7. The van der Waals surface area contributed by atoms with Gasteiger partial charge in [0, 0.05) is 47.1 Å². The monoisotopic (exact) mass is 449 g/mol. The fourth-order valence-corrected chi connectivity index (χ4v) is 4.65. The van der Waals surface area contributed by atoms with Gasteiger partial charge in [0.25, 0.3) is 0 Å². The molecule has 0 bridgehead atoms. The van der Waals surface area contributed by atoms with Crippen molar-refractivity contribution in [2.24, 2.45) is 0 Å². The highest BCUT2D eigenvalue weighted by molar-refractivity contribution is 7.99. The third kappa shape index (κ3) is 4.36. The van der Waals surface area contributed by atoms with Gasteiger partial charge in [0.1, 0.15) is 5.82 Å². The number of halogens is 1. The average molecular weight is 450 g/mol. The average Bonchev–Trinajstić information content (AvgIpc) is 3.33. The SMILES string of the molecule is CCCn1c(SCC(=O)c2cc(C)n(-c3cccc(F)c3)c2C)nnc1-c1ccncc1. The first kappa shape index (κ1) is 22.0. The van der Waals surface area contributed by atoms with Crippen molar-refractivity contribution in [3.63, 3.8) is 0 Å². The standard InChI is InChI=1S/C24H24FN5OS/c1-4-12-29-23(18-8-10-26-11-9-18)27-28-24(29)32-15-22(31)21-13-16(2)30(17(21)3)20-7-5-6-19(25)14-20/h5-11,13-14H,4,12,15H2,1-3H3. The van der Waals surface area contributed by atoms with Crippen molar-refractivity contribution in [2.75, 3.05) is 5.75 Å². The molecule has 6 nitrogen and oxygen atoms in total. The lowest BCUT2D eigenvalue weighted by molar-refractivity contribution is 0.102. The van der Waals surface area contributed by atoms with Crippen molar-refractivity contribution in [3.05, 3.63) is 77.6 Å². The Labute approximate surface area is 190 Å². The van der Waals surface area contributed by atoms with Gasteiger partial charge in [0.05, 0.1) is 5.75 Å². The topological polar surface area (TPSA) is 65.6 Å². The molecule has 0 fully saturated rings. The van der Waals surface area contributed by atoms with Crippen LogP contribution in [0, 0.1) is 19.7 Å². The van der Waals surface area contributed by atoms with Crippen LogP contribution >= 0.6 is 11.8 Å². The Hall–Kier alpha value is -3.26. The molecule has 0 saturated carbocycles. The van der Waals surface area contributed by atoms with Gasteiger partial charge in [-0.1, -0.05) is 24.8 Å². The van der Waals surface area contributed by atoms with E-state index in [1.165, 1.54) is 23.9 Å². The first-order valence-corrected chi connectivity index (χ1v) is 11.4. The van der Waals surface area contributed by atoms with Crippen molar-refractivity contribution >= 4 is 17.5 Å². The van der Waals surface area contributed by atoms with Crippen molar-refractivity contribution < 1.29 is 9.18 Å². The highest BCUT2D eigenvalue weighted by Crippen LogP contribution is 2.27. The lowest BCUT2D eigenvalue weighted by Crippen LogP contribution is -2.07. The Bertz CT molecular complexity index is 1250. The number of ketones is 1. The molecule has 0 spiro atoms. The van der Waals surface area contributed by atoms with E-state index in [1.54, 1.807) is 18.5 Å². The van der Waals surface area contributed by atoms with Gasteiger partial charge in [-0.2, -0.15) is 0 Å². The molecule has 32 heavy (non-hydrogen) atoms. The maximum atomic E-state index is 13.7. The van der Waals surface area contributed by atoms with Crippen LogP contribution in [0.3, 0.4) is 0 Å². The molecule has 1 aromatic carbocycles. The lowest BCUT2D eigenvalue weighted by atomic mass is 10.2. The molecule has 0 unspecified atom stereocenters. The summed E-state index contributed by atoms with van der Waals surface area (Å²) in [7, 11) is 0. The minimum Gasteiger partial charge on any atom is -0.318 e. The van der Waals surface area contributed by atoms with E-state index in [9.17, 15) is 9.18 Å². The number of hydrogen-bond donors (Lipinski definition) is 0. The normalized spacial score (nSPS) is 11.1. The highest BCUT2D eigenvalue weighted by atomic mass is 32.2. The summed E-state index contributed by atoms with van der Waals surface area (Å²) in [6.07, 6.45) is 4.38. The number of pyridine rings is 1. The predicted octanol–water partition coefficient (Wildman–Crippen LogP) is 5.27. The quantitative estimate of drug-likeness (QED) is 0.271. The first-order chi connectivity index (χ1) is 15.5. The second kappa shape index (κ2) is 9.48. The lowest BCUT2D eigenvalue weighted by Gasteiger charge is -2.10. The number of hydrogen-bond acceptors (Lipinski definition) is 5. The third-order valence-electron chi connectivity index (χ3n) is 5.23. The van der Waals surface area contributed by atoms with Gasteiger partial charge in [-0.05, 0) is 56.7 Å². The number of aryl methyl sites for hydroxylation is 1. The maximum Gasteiger partial charge on any atom is 0.191 e. The van der Waals surface area contributed by atoms with Gasteiger partial charge in [0.15, 0.2) is 16.8 Å². The number of rotatable bonds is 8. The zero-order valence-corrected chi connectivity index (χ0v) is 19.1. The van der Waals surface area contributed by atoms with Gasteiger partial charge < -0.3 is 9.13 Å². The summed E-state index contributed by atoms with van der Waals surface area (Å²) in [4.78, 5) is 17.1. The Balaban J connectivity index is 1.56. The Morgan fingerprint density at radius 1 is 1.09 bits per heavy atom. The molecule has 3 heterocycles. The van der Waals surface area contributed by atoms with Crippen molar-refractivity contribution in [1.82, 2.24) is 24.3 Å². The van der Waals surface area contributed by atoms with Gasteiger partial charge in [0.2, 0.25) is 0 Å². The number of benzene rings is 1. The summed E-state index contributed by atoms with van der Waals surface area (Å²) in [6, 6.07) is 12.0. The van der Waals surface area contributed by atoms with Crippen LogP contribution in [0.5, 0.6) is 0 Å². The smallest absolute Gasteiger partial charge is 0.191 e. The van der Waals surface area contributed by atoms with Crippen molar-refractivity contribution in [3.8, 4) is 17.1 Å². The summed E-state index contributed by atoms with van der Waals surface area (Å²) in [5.74, 6) is 0.709. The van der Waals surface area contributed by atoms with E-state index >= 15 is 0 Å². The molecule has 8 heteroatoms. The van der Waals surface area contributed by atoms with Gasteiger partial charge in [-0.25, -0.2) is 4.39 Å². The van der Waals surface area contributed by atoms with Gasteiger partial charge in [-0.3, -0.25) is 9.78 Å². The number of Topliss-reactive ketones (excluding diaryl/α,β-unsaturated/α-hetero) is 1. The molecule has 0 N–H and O–H groups in total. The number of thioether (sulfide) groups is 1. The van der Waals surface area contributed by atoms with Crippen molar-refractivity contribution in [2.45, 2.75) is 38.9 Å². The van der Waals surface area contributed by atoms with Crippen LogP contribution in [0.4, 0.5) is 4.39 Å². The molecule has 4 rings (SSSR count). The summed E-state index contributed by atoms with van der Waals surface area (Å²) in [5.41, 5.74) is 3.96. The molecule has 0 aliphatic rings. The second-order valence-electron chi connectivity index (χ2n) is 7.51. The van der Waals surface area contributed by atoms with Crippen molar-refractivity contribution in [1.29, 1.82) is 0 Å². The molecule has 0 aliphatic heterocycles. The molecule has 3 aromatic heterocycles. The zero-order chi connectivity index (χ0) is 22.7. The molecule has 0 aliphatic carbocycles. The van der Waals surface area contributed by atoms with E-state index in [4.69, 9.17) is 0 Å². The summed E-state index contributed by atoms with van der Waals surface area (Å²) in [6.45, 7) is 6.66. The third-order valence-corrected chi connectivity index (χ3v) is 6.20. The number of carbonyl (C=O) groups is 1. The summed E-state index contributed by atoms with van der Waals surface area (Å²) >= 11 is 1.38. The Morgan fingerprint density at radius 3 is 2.59 bits per heavy atom. The van der Waals surface area contributed by atoms with Crippen LogP contribution in [-0.2, 0) is 6.54 Å². The Morgan fingerprint density at radius 2 is 1.88 bits per heavy atom. The van der Waals surface area contributed by atoms with Crippen LogP contribution in [0.1, 0.15) is 35.1 Å². The molecule has 0 amide bonds. The van der Waals surface area contributed by atoms with Gasteiger partial charge >= 0.3 is 0 Å². The summed E-state index contributed by atoms with van der Waals surface area (Å²) < 4.78 is 17.7. The molecular weight excluding hydrogens is 425 g/mol. The van der Waals surface area contributed by atoms with E-state index < -0.39 is 0 Å².